The Balaban J connectivity index is 2.09. The van der Waals surface area contributed by atoms with Crippen LogP contribution in [0.3, 0.4) is 0 Å². The second-order valence-corrected chi connectivity index (χ2v) is 11.8. The van der Waals surface area contributed by atoms with E-state index in [9.17, 15) is 4.79 Å². The zero-order valence-corrected chi connectivity index (χ0v) is 20.3. The fourth-order valence-electron chi connectivity index (χ4n) is 3.66. The van der Waals surface area contributed by atoms with Gasteiger partial charge in [0.05, 0.1) is 17.3 Å². The summed E-state index contributed by atoms with van der Waals surface area (Å²) in [5.74, 6) is 2.59. The highest BCUT2D eigenvalue weighted by atomic mass is 32.2. The van der Waals surface area contributed by atoms with Crippen LogP contribution < -0.4 is 0 Å². The average molecular weight is 433 g/mol. The predicted octanol–water partition coefficient (Wildman–Crippen LogP) is 7.08. The van der Waals surface area contributed by atoms with Crippen molar-refractivity contribution in [3.8, 4) is 0 Å². The molecule has 0 bridgehead atoms. The number of unbranched alkanes of at least 4 members (excludes halogenated alkanes) is 9. The first kappa shape index (κ1) is 26.2. The standard InChI is InChI=1S/C23H44O3S2/c1-4-5-6-7-8-9-10-11-12-13-15-25-19-22(20-26-21(2)24)18-23(3)27-16-14-17-28-23/h22H,4-20H2,1-3H3/t22-/m1/s1. The van der Waals surface area contributed by atoms with Crippen molar-refractivity contribution < 1.29 is 14.3 Å². The maximum Gasteiger partial charge on any atom is 0.302 e. The molecule has 1 atom stereocenters. The summed E-state index contributed by atoms with van der Waals surface area (Å²) in [7, 11) is 0. The van der Waals surface area contributed by atoms with Gasteiger partial charge in [0.1, 0.15) is 0 Å². The molecule has 5 heteroatoms. The summed E-state index contributed by atoms with van der Waals surface area (Å²) in [6, 6.07) is 0. The molecular weight excluding hydrogens is 388 g/mol. The minimum absolute atomic E-state index is 0.186. The topological polar surface area (TPSA) is 35.5 Å². The largest absolute Gasteiger partial charge is 0.465 e. The van der Waals surface area contributed by atoms with Crippen molar-refractivity contribution in [3.63, 3.8) is 0 Å². The van der Waals surface area contributed by atoms with Gasteiger partial charge in [-0.3, -0.25) is 4.79 Å². The molecule has 0 aromatic heterocycles. The van der Waals surface area contributed by atoms with Crippen LogP contribution in [0.1, 0.15) is 97.8 Å². The van der Waals surface area contributed by atoms with Crippen molar-refractivity contribution in [2.45, 2.75) is 102 Å². The number of thioether (sulfide) groups is 2. The molecule has 0 aromatic rings. The van der Waals surface area contributed by atoms with Gasteiger partial charge in [-0.15, -0.1) is 23.5 Å². The lowest BCUT2D eigenvalue weighted by atomic mass is 10.1. The predicted molar refractivity (Wildman–Crippen MR) is 125 cm³/mol. The average Bonchev–Trinajstić information content (AvgIpc) is 2.67. The van der Waals surface area contributed by atoms with Crippen LogP contribution in [0, 0.1) is 5.92 Å². The Morgan fingerprint density at radius 2 is 1.50 bits per heavy atom. The fraction of sp³-hybridized carbons (Fsp3) is 0.957. The summed E-state index contributed by atoms with van der Waals surface area (Å²) in [6.07, 6.45) is 15.8. The lowest BCUT2D eigenvalue weighted by Crippen LogP contribution is -2.29. The molecule has 3 nitrogen and oxygen atoms in total. The van der Waals surface area contributed by atoms with Crippen LogP contribution in [-0.4, -0.2) is 41.4 Å². The minimum Gasteiger partial charge on any atom is -0.465 e. The van der Waals surface area contributed by atoms with Gasteiger partial charge in [-0.1, -0.05) is 64.7 Å². The number of ether oxygens (including phenoxy) is 2. The molecule has 1 aliphatic rings. The second kappa shape index (κ2) is 16.9. The van der Waals surface area contributed by atoms with Gasteiger partial charge in [0, 0.05) is 19.4 Å². The Morgan fingerprint density at radius 1 is 0.929 bits per heavy atom. The van der Waals surface area contributed by atoms with E-state index < -0.39 is 0 Å². The summed E-state index contributed by atoms with van der Waals surface area (Å²) in [6.45, 7) is 8.14. The van der Waals surface area contributed by atoms with Crippen LogP contribution in [0.4, 0.5) is 0 Å². The molecule has 0 radical (unpaired) electrons. The Hall–Kier alpha value is 0.130. The Morgan fingerprint density at radius 3 is 2.07 bits per heavy atom. The summed E-state index contributed by atoms with van der Waals surface area (Å²) in [4.78, 5) is 11.2. The third-order valence-electron chi connectivity index (χ3n) is 5.28. The molecule has 166 valence electrons. The van der Waals surface area contributed by atoms with E-state index in [1.807, 2.05) is 0 Å². The molecule has 1 rings (SSSR count). The summed E-state index contributed by atoms with van der Waals surface area (Å²) in [5.41, 5.74) is 0. The van der Waals surface area contributed by atoms with Gasteiger partial charge >= 0.3 is 5.97 Å². The fourth-order valence-corrected chi connectivity index (χ4v) is 6.83. The molecule has 0 spiro atoms. The number of hydrogen-bond acceptors (Lipinski definition) is 5. The Bertz CT molecular complexity index is 384. The monoisotopic (exact) mass is 432 g/mol. The van der Waals surface area contributed by atoms with Gasteiger partial charge in [0.15, 0.2) is 0 Å². The van der Waals surface area contributed by atoms with Crippen LogP contribution in [0.25, 0.3) is 0 Å². The van der Waals surface area contributed by atoms with Crippen molar-refractivity contribution in [3.05, 3.63) is 0 Å². The number of esters is 1. The minimum atomic E-state index is -0.186. The van der Waals surface area contributed by atoms with Gasteiger partial charge in [-0.2, -0.15) is 0 Å². The van der Waals surface area contributed by atoms with E-state index in [-0.39, 0.29) is 10.0 Å². The van der Waals surface area contributed by atoms with E-state index in [1.165, 1.54) is 82.6 Å². The van der Waals surface area contributed by atoms with Crippen molar-refractivity contribution in [1.82, 2.24) is 0 Å². The lowest BCUT2D eigenvalue weighted by Gasteiger charge is -2.35. The number of hydrogen-bond donors (Lipinski definition) is 0. The van der Waals surface area contributed by atoms with Crippen molar-refractivity contribution in [1.29, 1.82) is 0 Å². The maximum absolute atomic E-state index is 11.2. The van der Waals surface area contributed by atoms with Gasteiger partial charge in [-0.25, -0.2) is 0 Å². The zero-order valence-electron chi connectivity index (χ0n) is 18.6. The van der Waals surface area contributed by atoms with Gasteiger partial charge < -0.3 is 9.47 Å². The number of carbonyl (C=O) groups is 1. The highest BCUT2D eigenvalue weighted by Crippen LogP contribution is 2.46. The number of carbonyl (C=O) groups excluding carboxylic acids is 1. The molecule has 0 aliphatic carbocycles. The maximum atomic E-state index is 11.2. The molecule has 1 fully saturated rings. The van der Waals surface area contributed by atoms with Crippen LogP contribution in [0.2, 0.25) is 0 Å². The first-order valence-electron chi connectivity index (χ1n) is 11.5. The first-order valence-corrected chi connectivity index (χ1v) is 13.5. The highest BCUT2D eigenvalue weighted by Gasteiger charge is 2.32. The van der Waals surface area contributed by atoms with Gasteiger partial charge in [0.25, 0.3) is 0 Å². The summed E-state index contributed by atoms with van der Waals surface area (Å²) < 4.78 is 11.5. The van der Waals surface area contributed by atoms with E-state index >= 15 is 0 Å². The van der Waals surface area contributed by atoms with E-state index in [4.69, 9.17) is 9.47 Å². The smallest absolute Gasteiger partial charge is 0.302 e. The quantitative estimate of drug-likeness (QED) is 0.181. The molecule has 0 aromatic carbocycles. The number of rotatable bonds is 17. The molecule has 0 amide bonds. The molecule has 1 heterocycles. The van der Waals surface area contributed by atoms with E-state index in [1.54, 1.807) is 0 Å². The van der Waals surface area contributed by atoms with Crippen LogP contribution in [0.15, 0.2) is 0 Å². The third kappa shape index (κ3) is 14.2. The normalized spacial score (nSPS) is 17.4. The van der Waals surface area contributed by atoms with Gasteiger partial charge in [-0.05, 0) is 37.7 Å². The molecule has 0 saturated carbocycles. The molecule has 0 unspecified atom stereocenters. The van der Waals surface area contributed by atoms with Crippen molar-refractivity contribution in [2.24, 2.45) is 5.92 Å². The molecule has 0 N–H and O–H groups in total. The first-order chi connectivity index (χ1) is 13.6. The third-order valence-corrected chi connectivity index (χ3v) is 8.53. The molecule has 1 saturated heterocycles. The van der Waals surface area contributed by atoms with Crippen molar-refractivity contribution >= 4 is 29.5 Å². The van der Waals surface area contributed by atoms with E-state index in [2.05, 4.69) is 37.4 Å². The summed E-state index contributed by atoms with van der Waals surface area (Å²) >= 11 is 4.11. The van der Waals surface area contributed by atoms with Crippen LogP contribution in [-0.2, 0) is 14.3 Å². The Kier molecular flexibility index (Phi) is 15.8. The second-order valence-electron chi connectivity index (χ2n) is 8.31. The highest BCUT2D eigenvalue weighted by molar-refractivity contribution is 8.18. The Labute approximate surface area is 182 Å². The molecule has 28 heavy (non-hydrogen) atoms. The summed E-state index contributed by atoms with van der Waals surface area (Å²) in [5, 5.41) is 0. The van der Waals surface area contributed by atoms with Crippen molar-refractivity contribution in [2.75, 3.05) is 31.3 Å². The van der Waals surface area contributed by atoms with Crippen LogP contribution >= 0.6 is 23.5 Å². The van der Waals surface area contributed by atoms with E-state index in [0.717, 1.165) is 19.4 Å². The van der Waals surface area contributed by atoms with Gasteiger partial charge in [0.2, 0.25) is 0 Å². The van der Waals surface area contributed by atoms with Crippen LogP contribution in [0.5, 0.6) is 0 Å². The SMILES string of the molecule is CCCCCCCCCCCCOC[C@H](COC(C)=O)CC1(C)SCCCS1. The van der Waals surface area contributed by atoms with E-state index in [0.29, 0.717) is 19.1 Å². The molecular formula is C23H44O3S2. The zero-order chi connectivity index (χ0) is 20.5. The lowest BCUT2D eigenvalue weighted by molar-refractivity contribution is -0.143. The molecule has 1 aliphatic heterocycles.